The molecule has 9 heteroatoms. The smallest absolute Gasteiger partial charge is 0.254 e. The first-order valence-electron chi connectivity index (χ1n) is 10.9. The second kappa shape index (κ2) is 9.00. The van der Waals surface area contributed by atoms with Gasteiger partial charge in [0.05, 0.1) is 22.2 Å². The van der Waals surface area contributed by atoms with Crippen molar-refractivity contribution in [3.63, 3.8) is 0 Å². The van der Waals surface area contributed by atoms with E-state index in [1.165, 1.54) is 16.4 Å². The second-order valence-electron chi connectivity index (χ2n) is 8.05. The molecule has 0 unspecified atom stereocenters. The van der Waals surface area contributed by atoms with Crippen LogP contribution in [0.4, 0.5) is 4.39 Å². The van der Waals surface area contributed by atoms with Crippen LogP contribution in [-0.4, -0.2) is 54.7 Å². The van der Waals surface area contributed by atoms with Crippen molar-refractivity contribution in [1.29, 1.82) is 0 Å². The van der Waals surface area contributed by atoms with Crippen molar-refractivity contribution in [3.8, 4) is 11.5 Å². The van der Waals surface area contributed by atoms with Crippen LogP contribution in [0.5, 0.6) is 0 Å². The summed E-state index contributed by atoms with van der Waals surface area (Å²) in [4.78, 5) is 20.0. The van der Waals surface area contributed by atoms with E-state index < -0.39 is 15.8 Å². The van der Waals surface area contributed by atoms with Gasteiger partial charge in [-0.1, -0.05) is 18.2 Å². The zero-order valence-corrected chi connectivity index (χ0v) is 19.0. The molecule has 2 aromatic heterocycles. The number of pyridine rings is 1. The molecule has 1 fully saturated rings. The molecular weight excluding hydrogens is 457 g/mol. The van der Waals surface area contributed by atoms with Crippen molar-refractivity contribution in [3.05, 3.63) is 84.4 Å². The highest BCUT2D eigenvalue weighted by atomic mass is 32.2. The van der Waals surface area contributed by atoms with Gasteiger partial charge in [0.25, 0.3) is 5.91 Å². The summed E-state index contributed by atoms with van der Waals surface area (Å²) in [5.74, 6) is -0.121. The van der Waals surface area contributed by atoms with Crippen LogP contribution in [-0.2, 0) is 10.0 Å². The quantitative estimate of drug-likeness (QED) is 0.439. The van der Waals surface area contributed by atoms with Crippen molar-refractivity contribution in [2.75, 3.05) is 26.2 Å². The number of sulfonamides is 1. The minimum absolute atomic E-state index is 0.0388. The minimum atomic E-state index is -3.78. The number of hydrogen-bond acceptors (Lipinski definition) is 5. The molecule has 1 amide bonds. The van der Waals surface area contributed by atoms with Gasteiger partial charge in [-0.15, -0.1) is 0 Å². The minimum Gasteiger partial charge on any atom is -0.463 e. The van der Waals surface area contributed by atoms with E-state index in [0.717, 1.165) is 17.5 Å². The summed E-state index contributed by atoms with van der Waals surface area (Å²) >= 11 is 0. The number of nitrogens with zero attached hydrogens (tertiary/aromatic N) is 3. The number of rotatable bonds is 4. The van der Waals surface area contributed by atoms with Gasteiger partial charge >= 0.3 is 0 Å². The molecule has 0 N–H and O–H groups in total. The van der Waals surface area contributed by atoms with Crippen LogP contribution in [0.25, 0.3) is 22.4 Å². The molecule has 0 saturated carbocycles. The van der Waals surface area contributed by atoms with Gasteiger partial charge in [-0.2, -0.15) is 4.31 Å². The van der Waals surface area contributed by atoms with E-state index in [1.807, 2.05) is 24.3 Å². The van der Waals surface area contributed by atoms with E-state index >= 15 is 0 Å². The third-order valence-corrected chi connectivity index (χ3v) is 7.83. The van der Waals surface area contributed by atoms with Gasteiger partial charge in [0, 0.05) is 31.6 Å². The lowest BCUT2D eigenvalue weighted by Crippen LogP contribution is -2.37. The molecule has 0 bridgehead atoms. The Morgan fingerprint density at radius 3 is 2.50 bits per heavy atom. The highest BCUT2D eigenvalue weighted by molar-refractivity contribution is 7.89. The van der Waals surface area contributed by atoms with Crippen LogP contribution in [0, 0.1) is 5.82 Å². The topological polar surface area (TPSA) is 83.7 Å². The summed E-state index contributed by atoms with van der Waals surface area (Å²) in [6.45, 7) is 1.09. The molecule has 174 valence electrons. The van der Waals surface area contributed by atoms with E-state index in [9.17, 15) is 17.6 Å². The fraction of sp³-hybridized carbons (Fsp3) is 0.200. The molecule has 1 aliphatic rings. The number of carbonyl (C=O) groups is 1. The lowest BCUT2D eigenvalue weighted by Gasteiger charge is -2.22. The Morgan fingerprint density at radius 2 is 1.74 bits per heavy atom. The van der Waals surface area contributed by atoms with Crippen molar-refractivity contribution in [2.45, 2.75) is 11.3 Å². The van der Waals surface area contributed by atoms with Gasteiger partial charge in [0.2, 0.25) is 10.0 Å². The van der Waals surface area contributed by atoms with Crippen LogP contribution in [0.1, 0.15) is 16.8 Å². The summed E-state index contributed by atoms with van der Waals surface area (Å²) in [6, 6.07) is 17.5. The summed E-state index contributed by atoms with van der Waals surface area (Å²) in [5.41, 5.74) is 1.73. The molecule has 7 nitrogen and oxygen atoms in total. The molecular formula is C25H22FN3O4S. The molecule has 0 aliphatic carbocycles. The molecule has 4 aromatic rings. The van der Waals surface area contributed by atoms with Gasteiger partial charge < -0.3 is 9.32 Å². The third kappa shape index (κ3) is 4.20. The van der Waals surface area contributed by atoms with Gasteiger partial charge in [0.1, 0.15) is 11.5 Å². The molecule has 1 aliphatic heterocycles. The first-order valence-corrected chi connectivity index (χ1v) is 12.4. The van der Waals surface area contributed by atoms with Crippen molar-refractivity contribution < 1.29 is 22.0 Å². The summed E-state index contributed by atoms with van der Waals surface area (Å²) in [5, 5.41) is 0.725. The van der Waals surface area contributed by atoms with Crippen LogP contribution in [0.3, 0.4) is 0 Å². The number of hydrogen-bond donors (Lipinski definition) is 0. The maximum absolute atomic E-state index is 13.6. The van der Waals surface area contributed by atoms with Gasteiger partial charge in [-0.25, -0.2) is 17.8 Å². The Balaban J connectivity index is 1.42. The zero-order valence-electron chi connectivity index (χ0n) is 18.2. The highest BCUT2D eigenvalue weighted by Crippen LogP contribution is 2.27. The summed E-state index contributed by atoms with van der Waals surface area (Å²) in [6.07, 6.45) is 2.04. The lowest BCUT2D eigenvalue weighted by atomic mass is 10.1. The Bertz CT molecular complexity index is 1440. The van der Waals surface area contributed by atoms with Crippen molar-refractivity contribution >= 4 is 26.8 Å². The first kappa shape index (κ1) is 22.2. The van der Waals surface area contributed by atoms with E-state index in [0.29, 0.717) is 35.5 Å². The van der Waals surface area contributed by atoms with Crippen LogP contribution in [0.15, 0.2) is 82.3 Å². The number of benzene rings is 2. The summed E-state index contributed by atoms with van der Waals surface area (Å²) < 4.78 is 46.1. The highest BCUT2D eigenvalue weighted by Gasteiger charge is 2.29. The number of aromatic nitrogens is 1. The SMILES string of the molecule is O=C(c1cc(-c2ccco2)nc2ccccc12)N1CCCN(S(=O)(=O)c2ccc(F)cc2)CC1. The van der Waals surface area contributed by atoms with Gasteiger partial charge in [-0.3, -0.25) is 4.79 Å². The average molecular weight is 480 g/mol. The van der Waals surface area contributed by atoms with Crippen LogP contribution in [0.2, 0.25) is 0 Å². The maximum Gasteiger partial charge on any atom is 0.254 e. The van der Waals surface area contributed by atoms with E-state index in [-0.39, 0.29) is 30.4 Å². The fourth-order valence-corrected chi connectivity index (χ4v) is 5.64. The Kier molecular flexibility index (Phi) is 5.89. The van der Waals surface area contributed by atoms with Crippen LogP contribution < -0.4 is 0 Å². The molecule has 34 heavy (non-hydrogen) atoms. The molecule has 2 aromatic carbocycles. The Hall–Kier alpha value is -3.56. The standard InChI is InChI=1S/C25H22FN3O4S/c26-18-8-10-19(11-9-18)34(31,32)29-13-4-12-28(14-15-29)25(30)21-17-23(24-7-3-16-33-24)27-22-6-2-1-5-20(21)22/h1-3,5-11,16-17H,4,12-15H2. The Labute approximate surface area is 196 Å². The van der Waals surface area contributed by atoms with Crippen molar-refractivity contribution in [1.82, 2.24) is 14.2 Å². The van der Waals surface area contributed by atoms with E-state index in [4.69, 9.17) is 4.42 Å². The predicted octanol–water partition coefficient (Wildman–Crippen LogP) is 4.17. The number of amides is 1. The predicted molar refractivity (Wildman–Crippen MR) is 125 cm³/mol. The van der Waals surface area contributed by atoms with Crippen molar-refractivity contribution in [2.24, 2.45) is 0 Å². The second-order valence-corrected chi connectivity index (χ2v) is 9.99. The molecule has 1 saturated heterocycles. The number of furan rings is 1. The number of fused-ring (bicyclic) bond motifs is 1. The molecule has 0 spiro atoms. The zero-order chi connectivity index (χ0) is 23.7. The van der Waals surface area contributed by atoms with E-state index in [1.54, 1.807) is 29.4 Å². The van der Waals surface area contributed by atoms with Gasteiger partial charge in [-0.05, 0) is 55.0 Å². The summed E-state index contributed by atoms with van der Waals surface area (Å²) in [7, 11) is -3.78. The van der Waals surface area contributed by atoms with Gasteiger partial charge in [0.15, 0.2) is 5.76 Å². The fourth-order valence-electron chi connectivity index (χ4n) is 4.17. The lowest BCUT2D eigenvalue weighted by molar-refractivity contribution is 0.0766. The largest absolute Gasteiger partial charge is 0.463 e. The normalized spacial score (nSPS) is 15.4. The molecule has 0 atom stereocenters. The maximum atomic E-state index is 13.6. The molecule has 3 heterocycles. The number of para-hydroxylation sites is 1. The van der Waals surface area contributed by atoms with E-state index in [2.05, 4.69) is 4.98 Å². The monoisotopic (exact) mass is 479 g/mol. The molecule has 5 rings (SSSR count). The first-order chi connectivity index (χ1) is 16.4. The van der Waals surface area contributed by atoms with Crippen LogP contribution >= 0.6 is 0 Å². The molecule has 0 radical (unpaired) electrons. The average Bonchev–Trinajstić information content (AvgIpc) is 3.27. The Morgan fingerprint density at radius 1 is 0.941 bits per heavy atom. The number of halogens is 1. The third-order valence-electron chi connectivity index (χ3n) is 5.91. The number of carbonyl (C=O) groups excluding carboxylic acids is 1.